The van der Waals surface area contributed by atoms with Gasteiger partial charge in [0.25, 0.3) is 0 Å². The molecule has 2 nitrogen and oxygen atoms in total. The molecule has 0 bridgehead atoms. The molecule has 2 rings (SSSR count). The minimum absolute atomic E-state index is 0.192. The third-order valence-electron chi connectivity index (χ3n) is 3.12. The number of alkyl halides is 2. The number of carbonyl (C=O) groups excluding carboxylic acids is 1. The fourth-order valence-electron chi connectivity index (χ4n) is 2.21. The first-order valence-electron chi connectivity index (χ1n) is 5.21. The Morgan fingerprint density at radius 2 is 2.12 bits per heavy atom. The van der Waals surface area contributed by atoms with Crippen LogP contribution in [-0.2, 0) is 16.8 Å². The Morgan fingerprint density at radius 1 is 1.44 bits per heavy atom. The van der Waals surface area contributed by atoms with Crippen LogP contribution in [0.4, 0.5) is 0 Å². The SMILES string of the molecule is CC1(C(=O)C(Cl)Cl)NCCc2ccccc21. The molecule has 1 N–H and O–H groups in total. The summed E-state index contributed by atoms with van der Waals surface area (Å²) >= 11 is 11.4. The van der Waals surface area contributed by atoms with Gasteiger partial charge in [0.2, 0.25) is 0 Å². The lowest BCUT2D eigenvalue weighted by molar-refractivity contribution is -0.123. The highest BCUT2D eigenvalue weighted by Crippen LogP contribution is 2.31. The van der Waals surface area contributed by atoms with Crippen LogP contribution in [0.25, 0.3) is 0 Å². The lowest BCUT2D eigenvalue weighted by Crippen LogP contribution is -2.52. The predicted molar refractivity (Wildman–Crippen MR) is 66.0 cm³/mol. The molecule has 0 saturated carbocycles. The molecule has 0 aliphatic carbocycles. The van der Waals surface area contributed by atoms with Gasteiger partial charge >= 0.3 is 0 Å². The Hall–Kier alpha value is -0.570. The number of nitrogens with one attached hydrogen (secondary N) is 1. The highest BCUT2D eigenvalue weighted by molar-refractivity contribution is 6.54. The van der Waals surface area contributed by atoms with Crippen molar-refractivity contribution >= 4 is 29.0 Å². The second-order valence-corrected chi connectivity index (χ2v) is 5.22. The maximum absolute atomic E-state index is 12.1. The smallest absolute Gasteiger partial charge is 0.189 e. The number of benzene rings is 1. The van der Waals surface area contributed by atoms with Crippen LogP contribution in [0.15, 0.2) is 24.3 Å². The van der Waals surface area contributed by atoms with Gasteiger partial charge < -0.3 is 5.32 Å². The van der Waals surface area contributed by atoms with Crippen molar-refractivity contribution < 1.29 is 4.79 Å². The van der Waals surface area contributed by atoms with E-state index in [0.717, 1.165) is 18.5 Å². The predicted octanol–water partition coefficient (Wildman–Crippen LogP) is 2.42. The molecule has 1 aliphatic heterocycles. The van der Waals surface area contributed by atoms with Gasteiger partial charge in [-0.05, 0) is 24.5 Å². The highest BCUT2D eigenvalue weighted by Gasteiger charge is 2.40. The van der Waals surface area contributed by atoms with E-state index in [1.165, 1.54) is 5.56 Å². The fraction of sp³-hybridized carbons (Fsp3) is 0.417. The molecule has 1 aliphatic rings. The highest BCUT2D eigenvalue weighted by atomic mass is 35.5. The summed E-state index contributed by atoms with van der Waals surface area (Å²) in [5.41, 5.74) is 1.41. The molecule has 86 valence electrons. The van der Waals surface area contributed by atoms with Crippen molar-refractivity contribution in [1.29, 1.82) is 0 Å². The van der Waals surface area contributed by atoms with Crippen molar-refractivity contribution in [2.24, 2.45) is 0 Å². The van der Waals surface area contributed by atoms with Gasteiger partial charge in [0.15, 0.2) is 10.6 Å². The standard InChI is InChI=1S/C12H13Cl2NO/c1-12(10(16)11(13)14)9-5-3-2-4-8(9)6-7-15-12/h2-5,11,15H,6-7H2,1H3. The van der Waals surface area contributed by atoms with Gasteiger partial charge in [-0.3, -0.25) is 4.79 Å². The van der Waals surface area contributed by atoms with Crippen molar-refractivity contribution in [3.63, 3.8) is 0 Å². The monoisotopic (exact) mass is 257 g/mol. The first-order chi connectivity index (χ1) is 7.55. The van der Waals surface area contributed by atoms with Crippen molar-refractivity contribution in [2.75, 3.05) is 6.54 Å². The Morgan fingerprint density at radius 3 is 2.81 bits per heavy atom. The molecule has 0 saturated heterocycles. The maximum atomic E-state index is 12.1. The van der Waals surface area contributed by atoms with E-state index < -0.39 is 10.4 Å². The molecule has 0 aromatic heterocycles. The van der Waals surface area contributed by atoms with E-state index in [4.69, 9.17) is 23.2 Å². The number of carbonyl (C=O) groups is 1. The molecule has 1 aromatic carbocycles. The maximum Gasteiger partial charge on any atom is 0.189 e. The minimum Gasteiger partial charge on any atom is -0.301 e. The summed E-state index contributed by atoms with van der Waals surface area (Å²) in [4.78, 5) is 11.1. The quantitative estimate of drug-likeness (QED) is 0.825. The zero-order chi connectivity index (χ0) is 11.8. The molecule has 1 unspecified atom stereocenters. The summed E-state index contributed by atoms with van der Waals surface area (Å²) in [6, 6.07) is 7.90. The van der Waals surface area contributed by atoms with Crippen LogP contribution in [0.1, 0.15) is 18.1 Å². The number of Topliss-reactive ketones (excluding diaryl/α,β-unsaturated/α-hetero) is 1. The van der Waals surface area contributed by atoms with Gasteiger partial charge in [0.1, 0.15) is 5.54 Å². The van der Waals surface area contributed by atoms with Gasteiger partial charge in [-0.2, -0.15) is 0 Å². The molecule has 4 heteroatoms. The fourth-order valence-corrected chi connectivity index (χ4v) is 2.64. The number of rotatable bonds is 2. The summed E-state index contributed by atoms with van der Waals surface area (Å²) in [6.07, 6.45) is 0.925. The van der Waals surface area contributed by atoms with Crippen molar-refractivity contribution in [3.8, 4) is 0 Å². The Labute approximate surface area is 105 Å². The van der Waals surface area contributed by atoms with Crippen LogP contribution < -0.4 is 5.32 Å². The first kappa shape index (κ1) is 11.9. The third-order valence-corrected chi connectivity index (χ3v) is 3.52. The van der Waals surface area contributed by atoms with Crippen molar-refractivity contribution in [2.45, 2.75) is 23.7 Å². The second kappa shape index (κ2) is 4.36. The van der Waals surface area contributed by atoms with E-state index in [1.807, 2.05) is 31.2 Å². The first-order valence-corrected chi connectivity index (χ1v) is 6.09. The topological polar surface area (TPSA) is 29.1 Å². The van der Waals surface area contributed by atoms with Crippen molar-refractivity contribution in [3.05, 3.63) is 35.4 Å². The van der Waals surface area contributed by atoms with E-state index in [9.17, 15) is 4.79 Å². The van der Waals surface area contributed by atoms with E-state index in [1.54, 1.807) is 0 Å². The summed E-state index contributed by atoms with van der Waals surface area (Å²) in [7, 11) is 0. The van der Waals surface area contributed by atoms with Crippen LogP contribution in [-0.4, -0.2) is 17.2 Å². The van der Waals surface area contributed by atoms with Crippen LogP contribution >= 0.6 is 23.2 Å². The number of fused-ring (bicyclic) bond motifs is 1. The summed E-state index contributed by atoms with van der Waals surface area (Å²) in [5, 5.41) is 3.21. The number of halogens is 2. The van der Waals surface area contributed by atoms with E-state index in [2.05, 4.69) is 5.32 Å². The van der Waals surface area contributed by atoms with E-state index in [-0.39, 0.29) is 5.78 Å². The Kier molecular flexibility index (Phi) is 3.24. The number of hydrogen-bond acceptors (Lipinski definition) is 2. The molecule has 0 spiro atoms. The lowest BCUT2D eigenvalue weighted by Gasteiger charge is -2.36. The molecule has 0 amide bonds. The van der Waals surface area contributed by atoms with E-state index >= 15 is 0 Å². The zero-order valence-corrected chi connectivity index (χ0v) is 10.5. The van der Waals surface area contributed by atoms with Crippen LogP contribution in [0.3, 0.4) is 0 Å². The van der Waals surface area contributed by atoms with Gasteiger partial charge in [-0.25, -0.2) is 0 Å². The van der Waals surface area contributed by atoms with Gasteiger partial charge in [-0.15, -0.1) is 0 Å². The number of ketones is 1. The molecule has 0 fully saturated rings. The largest absolute Gasteiger partial charge is 0.301 e. The normalized spacial score (nSPS) is 24.2. The van der Waals surface area contributed by atoms with Crippen LogP contribution in [0.2, 0.25) is 0 Å². The minimum atomic E-state index is -0.997. The lowest BCUT2D eigenvalue weighted by atomic mass is 9.81. The van der Waals surface area contributed by atoms with E-state index in [0.29, 0.717) is 0 Å². The molecular formula is C12H13Cl2NO. The Balaban J connectivity index is 2.48. The average Bonchev–Trinajstić information content (AvgIpc) is 2.28. The summed E-state index contributed by atoms with van der Waals surface area (Å²) < 4.78 is 0. The summed E-state index contributed by atoms with van der Waals surface area (Å²) in [5.74, 6) is -0.192. The molecule has 1 aromatic rings. The Bertz CT molecular complexity index is 419. The molecule has 1 heterocycles. The third kappa shape index (κ3) is 1.86. The van der Waals surface area contributed by atoms with Crippen molar-refractivity contribution in [1.82, 2.24) is 5.32 Å². The van der Waals surface area contributed by atoms with Gasteiger partial charge in [0.05, 0.1) is 0 Å². The van der Waals surface area contributed by atoms with Crippen LogP contribution in [0, 0.1) is 0 Å². The zero-order valence-electron chi connectivity index (χ0n) is 8.97. The molecule has 0 radical (unpaired) electrons. The summed E-state index contributed by atoms with van der Waals surface area (Å²) in [6.45, 7) is 2.60. The molecular weight excluding hydrogens is 245 g/mol. The molecule has 16 heavy (non-hydrogen) atoms. The second-order valence-electron chi connectivity index (χ2n) is 4.12. The van der Waals surface area contributed by atoms with Gasteiger partial charge in [-0.1, -0.05) is 47.5 Å². The van der Waals surface area contributed by atoms with Crippen LogP contribution in [0.5, 0.6) is 0 Å². The van der Waals surface area contributed by atoms with Gasteiger partial charge in [0, 0.05) is 6.54 Å². The number of hydrogen-bond donors (Lipinski definition) is 1. The average molecular weight is 258 g/mol. The molecule has 1 atom stereocenters.